The zero-order chi connectivity index (χ0) is 10.8. The van der Waals surface area contributed by atoms with Crippen LogP contribution >= 0.6 is 0 Å². The molecule has 0 spiro atoms. The fourth-order valence-corrected chi connectivity index (χ4v) is 0.933. The van der Waals surface area contributed by atoms with Gasteiger partial charge < -0.3 is 5.32 Å². The van der Waals surface area contributed by atoms with E-state index < -0.39 is 12.7 Å². The van der Waals surface area contributed by atoms with Crippen molar-refractivity contribution in [1.82, 2.24) is 25.5 Å². The second-order valence-electron chi connectivity index (χ2n) is 2.82. The SMILES string of the molecule is CNC(C)c1nnnn1CC(F)(F)F. The second-order valence-corrected chi connectivity index (χ2v) is 2.82. The lowest BCUT2D eigenvalue weighted by Crippen LogP contribution is -2.24. The first kappa shape index (κ1) is 10.9. The molecule has 1 unspecified atom stereocenters. The number of hydrogen-bond acceptors (Lipinski definition) is 4. The summed E-state index contributed by atoms with van der Waals surface area (Å²) in [7, 11) is 1.62. The van der Waals surface area contributed by atoms with Gasteiger partial charge in [-0.05, 0) is 24.4 Å². The first-order chi connectivity index (χ1) is 6.44. The van der Waals surface area contributed by atoms with Crippen LogP contribution in [-0.4, -0.2) is 33.4 Å². The molecule has 0 aromatic carbocycles. The highest BCUT2D eigenvalue weighted by Gasteiger charge is 2.30. The highest BCUT2D eigenvalue weighted by atomic mass is 19.4. The van der Waals surface area contributed by atoms with Gasteiger partial charge in [-0.3, -0.25) is 0 Å². The summed E-state index contributed by atoms with van der Waals surface area (Å²) in [5, 5.41) is 12.7. The van der Waals surface area contributed by atoms with Crippen LogP contribution in [0.15, 0.2) is 0 Å². The van der Waals surface area contributed by atoms with E-state index in [-0.39, 0.29) is 11.9 Å². The van der Waals surface area contributed by atoms with Gasteiger partial charge >= 0.3 is 6.18 Å². The Labute approximate surface area is 78.3 Å². The Morgan fingerprint density at radius 3 is 2.64 bits per heavy atom. The minimum absolute atomic E-state index is 0.171. The lowest BCUT2D eigenvalue weighted by Gasteiger charge is -2.11. The van der Waals surface area contributed by atoms with Crippen molar-refractivity contribution in [2.24, 2.45) is 0 Å². The predicted octanol–water partition coefficient (Wildman–Crippen LogP) is 0.516. The Morgan fingerprint density at radius 1 is 1.50 bits per heavy atom. The smallest absolute Gasteiger partial charge is 0.311 e. The summed E-state index contributed by atoms with van der Waals surface area (Å²) in [6.45, 7) is 0.514. The topological polar surface area (TPSA) is 55.6 Å². The third-order valence-electron chi connectivity index (χ3n) is 1.71. The number of rotatable bonds is 3. The van der Waals surface area contributed by atoms with Crippen molar-refractivity contribution in [1.29, 1.82) is 0 Å². The van der Waals surface area contributed by atoms with Gasteiger partial charge in [0.2, 0.25) is 0 Å². The largest absolute Gasteiger partial charge is 0.408 e. The van der Waals surface area contributed by atoms with E-state index in [0.717, 1.165) is 4.68 Å². The zero-order valence-electron chi connectivity index (χ0n) is 7.71. The van der Waals surface area contributed by atoms with Crippen molar-refractivity contribution in [3.63, 3.8) is 0 Å². The van der Waals surface area contributed by atoms with Gasteiger partial charge in [0.25, 0.3) is 0 Å². The summed E-state index contributed by atoms with van der Waals surface area (Å²) in [6.07, 6.45) is -4.31. The lowest BCUT2D eigenvalue weighted by molar-refractivity contribution is -0.143. The number of alkyl halides is 3. The van der Waals surface area contributed by atoms with Crippen LogP contribution in [0.4, 0.5) is 13.2 Å². The van der Waals surface area contributed by atoms with Crippen LogP contribution in [0.25, 0.3) is 0 Å². The van der Waals surface area contributed by atoms with E-state index in [1.807, 2.05) is 0 Å². The Kier molecular flexibility index (Phi) is 3.04. The average molecular weight is 209 g/mol. The zero-order valence-corrected chi connectivity index (χ0v) is 7.71. The number of halogens is 3. The quantitative estimate of drug-likeness (QED) is 0.788. The standard InChI is InChI=1S/C6H10F3N5/c1-4(10-2)5-11-12-13-14(5)3-6(7,8)9/h4,10H,3H2,1-2H3. The summed E-state index contributed by atoms with van der Waals surface area (Å²) in [5.74, 6) is 0.171. The van der Waals surface area contributed by atoms with Crippen molar-refractivity contribution in [3.05, 3.63) is 5.82 Å². The minimum Gasteiger partial charge on any atom is -0.311 e. The van der Waals surface area contributed by atoms with Crippen LogP contribution in [0.5, 0.6) is 0 Å². The van der Waals surface area contributed by atoms with E-state index in [0.29, 0.717) is 0 Å². The molecule has 5 nitrogen and oxygen atoms in total. The van der Waals surface area contributed by atoms with E-state index >= 15 is 0 Å². The molecule has 0 saturated heterocycles. The van der Waals surface area contributed by atoms with Gasteiger partial charge in [0.15, 0.2) is 5.82 Å². The number of aromatic nitrogens is 4. The van der Waals surface area contributed by atoms with Crippen molar-refractivity contribution < 1.29 is 13.2 Å². The fraction of sp³-hybridized carbons (Fsp3) is 0.833. The molecule has 80 valence electrons. The van der Waals surface area contributed by atoms with E-state index in [9.17, 15) is 13.2 Å². The van der Waals surface area contributed by atoms with Gasteiger partial charge in [-0.15, -0.1) is 5.10 Å². The molecule has 1 aromatic rings. The lowest BCUT2D eigenvalue weighted by atomic mass is 10.3. The Balaban J connectivity index is 2.82. The summed E-state index contributed by atoms with van der Waals surface area (Å²) >= 11 is 0. The maximum Gasteiger partial charge on any atom is 0.408 e. The molecule has 0 amide bonds. The Hall–Kier alpha value is -1.18. The molecule has 14 heavy (non-hydrogen) atoms. The molecule has 1 rings (SSSR count). The summed E-state index contributed by atoms with van der Waals surface area (Å²) in [5.41, 5.74) is 0. The molecule has 8 heteroatoms. The van der Waals surface area contributed by atoms with E-state index in [2.05, 4.69) is 20.8 Å². The molecule has 1 heterocycles. The van der Waals surface area contributed by atoms with Gasteiger partial charge in [0.1, 0.15) is 6.54 Å². The molecule has 1 atom stereocenters. The second kappa shape index (κ2) is 3.91. The van der Waals surface area contributed by atoms with Crippen molar-refractivity contribution in [3.8, 4) is 0 Å². The maximum absolute atomic E-state index is 12.0. The Bertz CT molecular complexity index is 294. The highest BCUT2D eigenvalue weighted by Crippen LogP contribution is 2.18. The summed E-state index contributed by atoms with van der Waals surface area (Å²) < 4.78 is 36.8. The molecule has 0 saturated carbocycles. The van der Waals surface area contributed by atoms with Crippen LogP contribution < -0.4 is 5.32 Å². The highest BCUT2D eigenvalue weighted by molar-refractivity contribution is 4.89. The van der Waals surface area contributed by atoms with Gasteiger partial charge in [-0.25, -0.2) is 4.68 Å². The van der Waals surface area contributed by atoms with Crippen LogP contribution in [-0.2, 0) is 6.54 Å². The third kappa shape index (κ3) is 2.66. The van der Waals surface area contributed by atoms with Crippen molar-refractivity contribution in [2.75, 3.05) is 7.05 Å². The van der Waals surface area contributed by atoms with Crippen molar-refractivity contribution >= 4 is 0 Å². The average Bonchev–Trinajstić information content (AvgIpc) is 2.48. The molecule has 1 N–H and O–H groups in total. The summed E-state index contributed by atoms with van der Waals surface area (Å²) in [6, 6.07) is -0.313. The van der Waals surface area contributed by atoms with E-state index in [1.54, 1.807) is 14.0 Å². The minimum atomic E-state index is -4.31. The Morgan fingerprint density at radius 2 is 2.14 bits per heavy atom. The first-order valence-electron chi connectivity index (χ1n) is 3.94. The molecular formula is C6H10F3N5. The monoisotopic (exact) mass is 209 g/mol. The number of nitrogens with zero attached hydrogens (tertiary/aromatic N) is 4. The molecule has 0 aliphatic heterocycles. The summed E-state index contributed by atoms with van der Waals surface area (Å²) in [4.78, 5) is 0. The van der Waals surface area contributed by atoms with E-state index in [4.69, 9.17) is 0 Å². The molecule has 1 aromatic heterocycles. The van der Waals surface area contributed by atoms with Crippen LogP contribution in [0.2, 0.25) is 0 Å². The van der Waals surface area contributed by atoms with Crippen molar-refractivity contribution in [2.45, 2.75) is 25.7 Å². The molecule has 0 fully saturated rings. The van der Waals surface area contributed by atoms with Crippen LogP contribution in [0.3, 0.4) is 0 Å². The van der Waals surface area contributed by atoms with Gasteiger partial charge in [-0.1, -0.05) is 0 Å². The van der Waals surface area contributed by atoms with E-state index in [1.165, 1.54) is 0 Å². The third-order valence-corrected chi connectivity index (χ3v) is 1.71. The predicted molar refractivity (Wildman–Crippen MR) is 41.3 cm³/mol. The molecule has 0 radical (unpaired) electrons. The molecule has 0 bridgehead atoms. The number of hydrogen-bond donors (Lipinski definition) is 1. The van der Waals surface area contributed by atoms with Gasteiger partial charge in [0, 0.05) is 0 Å². The number of nitrogens with one attached hydrogen (secondary N) is 1. The van der Waals surface area contributed by atoms with Crippen LogP contribution in [0, 0.1) is 0 Å². The van der Waals surface area contributed by atoms with Crippen LogP contribution in [0.1, 0.15) is 18.8 Å². The normalized spacial score (nSPS) is 14.4. The van der Waals surface area contributed by atoms with Gasteiger partial charge in [0.05, 0.1) is 6.04 Å². The number of tetrazole rings is 1. The molecular weight excluding hydrogens is 199 g/mol. The van der Waals surface area contributed by atoms with Gasteiger partial charge in [-0.2, -0.15) is 13.2 Å². The maximum atomic E-state index is 12.0. The molecule has 0 aliphatic rings. The first-order valence-corrected chi connectivity index (χ1v) is 3.94. The molecule has 0 aliphatic carbocycles. The fourth-order valence-electron chi connectivity index (χ4n) is 0.933.